The van der Waals surface area contributed by atoms with Crippen molar-refractivity contribution in [3.63, 3.8) is 0 Å². The Balaban J connectivity index is 1.22. The summed E-state index contributed by atoms with van der Waals surface area (Å²) in [5.41, 5.74) is 4.06. The van der Waals surface area contributed by atoms with Crippen LogP contribution < -0.4 is 10.6 Å². The van der Waals surface area contributed by atoms with Crippen LogP contribution in [0.15, 0.2) is 102 Å². The average Bonchev–Trinajstić information content (AvgIpc) is 3.81. The number of thiophene rings is 2. The second-order valence-corrected chi connectivity index (χ2v) is 16.9. The lowest BCUT2D eigenvalue weighted by Crippen LogP contribution is -2.29. The number of carboxylic acid groups (broad SMARTS) is 2. The van der Waals surface area contributed by atoms with Gasteiger partial charge in [0, 0.05) is 27.2 Å². The predicted molar refractivity (Wildman–Crippen MR) is 232 cm³/mol. The molecule has 2 amide bonds. The van der Waals surface area contributed by atoms with Gasteiger partial charge < -0.3 is 20.8 Å². The number of halogens is 4. The Morgan fingerprint density at radius 2 is 1.14 bits per heavy atom. The summed E-state index contributed by atoms with van der Waals surface area (Å²) in [5.74, 6) is -4.32. The molecule has 0 bridgehead atoms. The Bertz CT molecular complexity index is 2450. The fourth-order valence-corrected chi connectivity index (χ4v) is 9.15. The molecule has 3 unspecified atom stereocenters. The van der Waals surface area contributed by atoms with Gasteiger partial charge in [-0.15, -0.1) is 22.7 Å². The van der Waals surface area contributed by atoms with Crippen LogP contribution in [-0.4, -0.2) is 34.0 Å². The van der Waals surface area contributed by atoms with Crippen LogP contribution in [0, 0.1) is 5.92 Å². The van der Waals surface area contributed by atoms with E-state index < -0.39 is 23.8 Å². The van der Waals surface area contributed by atoms with E-state index in [0.29, 0.717) is 47.9 Å². The number of carbonyl (C=O) groups excluding carboxylic acids is 2. The van der Waals surface area contributed by atoms with Gasteiger partial charge in [-0.25, -0.2) is 9.59 Å². The summed E-state index contributed by atoms with van der Waals surface area (Å²) in [6, 6.07) is 26.5. The van der Waals surface area contributed by atoms with Crippen molar-refractivity contribution in [2.45, 2.75) is 38.5 Å². The highest BCUT2D eigenvalue weighted by Crippen LogP contribution is 2.42. The molecule has 14 heteroatoms. The minimum Gasteiger partial charge on any atom is -0.478 e. The molecule has 0 spiro atoms. The zero-order valence-corrected chi connectivity index (χ0v) is 35.0. The third-order valence-corrected chi connectivity index (χ3v) is 13.1. The number of hydrogen-bond donors (Lipinski definition) is 4. The Hall–Kier alpha value is -4.68. The summed E-state index contributed by atoms with van der Waals surface area (Å²) < 4.78 is 0. The van der Waals surface area contributed by atoms with Gasteiger partial charge in [-0.3, -0.25) is 9.59 Å². The van der Waals surface area contributed by atoms with Crippen LogP contribution in [0.4, 0.5) is 11.4 Å². The molecule has 292 valence electrons. The monoisotopic (exact) mass is 878 g/mol. The third-order valence-electron chi connectivity index (χ3n) is 9.80. The van der Waals surface area contributed by atoms with E-state index >= 15 is 0 Å². The number of hydrogen-bond acceptors (Lipinski definition) is 6. The lowest BCUT2D eigenvalue weighted by molar-refractivity contribution is -0.119. The molecule has 2 aromatic heterocycles. The van der Waals surface area contributed by atoms with Gasteiger partial charge in [0.15, 0.2) is 0 Å². The SMILES string of the molecule is CC(c1ccc(-c2scc(NC(=O)CCc3ccc(Cl)cc3)c2C(=O)O)cc1)C(C)C(C(=O)Nc1csc(-c2ccc(Cl)c(Cl)c2)c1C(=O)O)c1ccc(Cl)cc1. The van der Waals surface area contributed by atoms with Crippen LogP contribution in [0.2, 0.25) is 20.1 Å². The Morgan fingerprint density at radius 3 is 1.70 bits per heavy atom. The molecular weight excluding hydrogens is 846 g/mol. The summed E-state index contributed by atoms with van der Waals surface area (Å²) in [5, 5.41) is 31.0. The van der Waals surface area contributed by atoms with Crippen molar-refractivity contribution in [2.24, 2.45) is 5.92 Å². The number of aromatic carboxylic acids is 2. The first-order valence-electron chi connectivity index (χ1n) is 17.6. The molecule has 6 aromatic rings. The number of amides is 2. The first kappa shape index (κ1) is 41.9. The van der Waals surface area contributed by atoms with Crippen LogP contribution in [-0.2, 0) is 16.0 Å². The molecular formula is C43H34Cl4N2O6S2. The maximum Gasteiger partial charge on any atom is 0.339 e. The number of anilines is 2. The maximum absolute atomic E-state index is 14.3. The lowest BCUT2D eigenvalue weighted by Gasteiger charge is -2.29. The van der Waals surface area contributed by atoms with E-state index in [2.05, 4.69) is 10.6 Å². The molecule has 4 aromatic carbocycles. The zero-order chi connectivity index (χ0) is 41.0. The van der Waals surface area contributed by atoms with Crippen molar-refractivity contribution in [1.82, 2.24) is 0 Å². The van der Waals surface area contributed by atoms with Gasteiger partial charge in [0.2, 0.25) is 11.8 Å². The Kier molecular flexibility index (Phi) is 13.4. The van der Waals surface area contributed by atoms with Gasteiger partial charge in [0.05, 0.1) is 37.1 Å². The Labute approximate surface area is 357 Å². The van der Waals surface area contributed by atoms with Crippen molar-refractivity contribution in [3.8, 4) is 20.9 Å². The molecule has 0 radical (unpaired) electrons. The Morgan fingerprint density at radius 1 is 0.632 bits per heavy atom. The van der Waals surface area contributed by atoms with Crippen molar-refractivity contribution in [2.75, 3.05) is 10.6 Å². The molecule has 8 nitrogen and oxygen atoms in total. The molecule has 0 fully saturated rings. The lowest BCUT2D eigenvalue weighted by atomic mass is 9.76. The fourth-order valence-electron chi connectivity index (χ4n) is 6.61. The van der Waals surface area contributed by atoms with Gasteiger partial charge in [-0.2, -0.15) is 0 Å². The largest absolute Gasteiger partial charge is 0.478 e. The average molecular weight is 881 g/mol. The number of carbonyl (C=O) groups is 4. The molecule has 0 aliphatic heterocycles. The predicted octanol–water partition coefficient (Wildman–Crippen LogP) is 12.9. The van der Waals surface area contributed by atoms with E-state index in [4.69, 9.17) is 46.4 Å². The number of nitrogens with one attached hydrogen (secondary N) is 2. The van der Waals surface area contributed by atoms with Crippen LogP contribution in [0.3, 0.4) is 0 Å². The molecule has 2 heterocycles. The zero-order valence-electron chi connectivity index (χ0n) is 30.3. The minimum absolute atomic E-state index is 0.00459. The van der Waals surface area contributed by atoms with E-state index in [1.807, 2.05) is 50.2 Å². The molecule has 57 heavy (non-hydrogen) atoms. The van der Waals surface area contributed by atoms with Crippen LogP contribution in [0.1, 0.15) is 69.5 Å². The smallest absolute Gasteiger partial charge is 0.339 e. The molecule has 4 N–H and O–H groups in total. The molecule has 0 aliphatic rings. The summed E-state index contributed by atoms with van der Waals surface area (Å²) >= 11 is 26.9. The number of rotatable bonds is 14. The standard InChI is InChI=1S/C43H34Cl4N2O6S2/c1-22(25-6-8-27(9-7-25)39-37(42(52)53)33(20-56-39)48-35(50)18-5-24-3-13-29(44)14-4-24)23(2)36(26-10-15-30(45)16-11-26)41(51)49-34-21-57-40(38(34)43(54)55)28-12-17-31(46)32(47)19-28/h3-4,6-17,19-23,36H,5,18H2,1-2H3,(H,48,50)(H,49,51)(H,52,53)(H,54,55). The number of benzene rings is 4. The van der Waals surface area contributed by atoms with Crippen LogP contribution >= 0.6 is 69.1 Å². The second-order valence-electron chi connectivity index (χ2n) is 13.4. The quantitative estimate of drug-likeness (QED) is 0.0861. The summed E-state index contributed by atoms with van der Waals surface area (Å²) in [4.78, 5) is 53.0. The summed E-state index contributed by atoms with van der Waals surface area (Å²) in [6.45, 7) is 3.95. The van der Waals surface area contributed by atoms with E-state index in [1.54, 1.807) is 65.4 Å². The summed E-state index contributed by atoms with van der Waals surface area (Å²) in [6.07, 6.45) is 0.638. The minimum atomic E-state index is -1.21. The molecule has 3 atom stereocenters. The summed E-state index contributed by atoms with van der Waals surface area (Å²) in [7, 11) is 0. The van der Waals surface area contributed by atoms with Crippen molar-refractivity contribution in [1.29, 1.82) is 0 Å². The van der Waals surface area contributed by atoms with E-state index in [0.717, 1.165) is 11.1 Å². The van der Waals surface area contributed by atoms with Crippen molar-refractivity contribution in [3.05, 3.63) is 150 Å². The highest BCUT2D eigenvalue weighted by molar-refractivity contribution is 7.15. The first-order chi connectivity index (χ1) is 27.2. The highest BCUT2D eigenvalue weighted by atomic mass is 35.5. The van der Waals surface area contributed by atoms with E-state index in [1.165, 1.54) is 22.7 Å². The second kappa shape index (κ2) is 18.3. The number of aryl methyl sites for hydroxylation is 1. The normalized spacial score (nSPS) is 12.7. The third kappa shape index (κ3) is 9.72. The fraction of sp³-hybridized carbons (Fsp3) is 0.163. The van der Waals surface area contributed by atoms with Gasteiger partial charge in [-0.05, 0) is 82.5 Å². The highest BCUT2D eigenvalue weighted by Gasteiger charge is 2.33. The van der Waals surface area contributed by atoms with Crippen LogP contribution in [0.25, 0.3) is 20.9 Å². The van der Waals surface area contributed by atoms with Crippen molar-refractivity contribution < 1.29 is 29.4 Å². The molecule has 0 saturated carbocycles. The topological polar surface area (TPSA) is 133 Å². The van der Waals surface area contributed by atoms with E-state index in [9.17, 15) is 29.4 Å². The number of carboxylic acids is 2. The van der Waals surface area contributed by atoms with Gasteiger partial charge >= 0.3 is 11.9 Å². The van der Waals surface area contributed by atoms with E-state index in [-0.39, 0.29) is 51.7 Å². The van der Waals surface area contributed by atoms with Gasteiger partial charge in [0.1, 0.15) is 11.1 Å². The first-order valence-corrected chi connectivity index (χ1v) is 20.8. The maximum atomic E-state index is 14.3. The van der Waals surface area contributed by atoms with Crippen molar-refractivity contribution >= 4 is 104 Å². The molecule has 0 saturated heterocycles. The molecule has 0 aliphatic carbocycles. The van der Waals surface area contributed by atoms with Crippen LogP contribution in [0.5, 0.6) is 0 Å². The van der Waals surface area contributed by atoms with Gasteiger partial charge in [-0.1, -0.05) is 115 Å². The molecule has 6 rings (SSSR count). The van der Waals surface area contributed by atoms with Gasteiger partial charge in [0.25, 0.3) is 0 Å².